The fourth-order valence-corrected chi connectivity index (χ4v) is 2.90. The molecular formula is C14H17ClN4O3. The quantitative estimate of drug-likeness (QED) is 0.934. The molecule has 1 amide bonds. The SMILES string of the molecule is COCc1nc([C@@H]2CCCCN2C(=O)c2ccoc2Cl)n[nH]1. The maximum absolute atomic E-state index is 12.7. The summed E-state index contributed by atoms with van der Waals surface area (Å²) in [5, 5.41) is 7.18. The lowest BCUT2D eigenvalue weighted by atomic mass is 10.0. The lowest BCUT2D eigenvalue weighted by Gasteiger charge is -2.33. The van der Waals surface area contributed by atoms with Crippen molar-refractivity contribution in [1.29, 1.82) is 0 Å². The van der Waals surface area contributed by atoms with Gasteiger partial charge in [-0.2, -0.15) is 5.10 Å². The number of nitrogens with zero attached hydrogens (tertiary/aromatic N) is 3. The standard InChI is InChI=1S/C14H17ClN4O3/c1-21-8-11-16-13(18-17-11)10-4-2-3-6-19(10)14(20)9-5-7-22-12(9)15/h5,7,10H,2-4,6,8H2,1H3,(H,16,17,18)/t10-/m0/s1. The van der Waals surface area contributed by atoms with E-state index in [1.54, 1.807) is 18.1 Å². The number of aromatic nitrogens is 3. The van der Waals surface area contributed by atoms with Crippen LogP contribution in [0.15, 0.2) is 16.7 Å². The number of furan rings is 1. The molecule has 2 aromatic heterocycles. The van der Waals surface area contributed by atoms with Gasteiger partial charge in [-0.15, -0.1) is 0 Å². The molecule has 1 atom stereocenters. The summed E-state index contributed by atoms with van der Waals surface area (Å²) in [6.45, 7) is 1.01. The van der Waals surface area contributed by atoms with Crippen LogP contribution in [0.3, 0.4) is 0 Å². The van der Waals surface area contributed by atoms with Crippen molar-refractivity contribution in [2.45, 2.75) is 31.9 Å². The van der Waals surface area contributed by atoms with Crippen LogP contribution in [-0.2, 0) is 11.3 Å². The normalized spacial score (nSPS) is 18.6. The molecule has 1 saturated heterocycles. The Morgan fingerprint density at radius 1 is 1.59 bits per heavy atom. The number of piperidine rings is 1. The highest BCUT2D eigenvalue weighted by molar-refractivity contribution is 6.32. The topological polar surface area (TPSA) is 84.2 Å². The van der Waals surface area contributed by atoms with Gasteiger partial charge in [-0.1, -0.05) is 0 Å². The third kappa shape index (κ3) is 2.86. The smallest absolute Gasteiger partial charge is 0.259 e. The number of hydrogen-bond donors (Lipinski definition) is 1. The fraction of sp³-hybridized carbons (Fsp3) is 0.500. The highest BCUT2D eigenvalue weighted by Crippen LogP contribution is 2.31. The van der Waals surface area contributed by atoms with E-state index in [0.29, 0.717) is 30.4 Å². The van der Waals surface area contributed by atoms with E-state index in [9.17, 15) is 4.79 Å². The number of amides is 1. The molecule has 0 aromatic carbocycles. The Balaban J connectivity index is 1.84. The van der Waals surface area contributed by atoms with E-state index in [0.717, 1.165) is 19.3 Å². The summed E-state index contributed by atoms with van der Waals surface area (Å²) in [6, 6.07) is 1.43. The molecule has 0 spiro atoms. The van der Waals surface area contributed by atoms with Crippen LogP contribution in [0.1, 0.15) is 47.3 Å². The van der Waals surface area contributed by atoms with Crippen molar-refractivity contribution in [3.63, 3.8) is 0 Å². The van der Waals surface area contributed by atoms with Crippen molar-refractivity contribution in [2.75, 3.05) is 13.7 Å². The number of hydrogen-bond acceptors (Lipinski definition) is 5. The minimum atomic E-state index is -0.158. The number of H-pyrrole nitrogens is 1. The first kappa shape index (κ1) is 15.1. The molecule has 7 nitrogen and oxygen atoms in total. The summed E-state index contributed by atoms with van der Waals surface area (Å²) >= 11 is 5.92. The monoisotopic (exact) mass is 324 g/mol. The zero-order valence-electron chi connectivity index (χ0n) is 12.2. The Morgan fingerprint density at radius 2 is 2.45 bits per heavy atom. The summed E-state index contributed by atoms with van der Waals surface area (Å²) in [6.07, 6.45) is 4.22. The first-order valence-electron chi connectivity index (χ1n) is 7.14. The van der Waals surface area contributed by atoms with Crippen molar-refractivity contribution in [1.82, 2.24) is 20.1 Å². The molecule has 1 fully saturated rings. The van der Waals surface area contributed by atoms with Crippen LogP contribution in [0, 0.1) is 0 Å². The molecule has 1 N–H and O–H groups in total. The van der Waals surface area contributed by atoms with E-state index < -0.39 is 0 Å². The predicted molar refractivity (Wildman–Crippen MR) is 78.4 cm³/mol. The zero-order valence-corrected chi connectivity index (χ0v) is 13.0. The Hall–Kier alpha value is -1.86. The Labute approximate surface area is 132 Å². The molecule has 1 aliphatic rings. The average Bonchev–Trinajstić information content (AvgIpc) is 3.16. The van der Waals surface area contributed by atoms with E-state index >= 15 is 0 Å². The van der Waals surface area contributed by atoms with E-state index in [1.165, 1.54) is 6.26 Å². The van der Waals surface area contributed by atoms with Crippen LogP contribution in [0.25, 0.3) is 0 Å². The Kier molecular flexibility index (Phi) is 4.44. The largest absolute Gasteiger partial charge is 0.452 e. The maximum atomic E-state index is 12.7. The molecule has 0 bridgehead atoms. The maximum Gasteiger partial charge on any atom is 0.259 e. The molecular weight excluding hydrogens is 308 g/mol. The van der Waals surface area contributed by atoms with Gasteiger partial charge >= 0.3 is 0 Å². The Morgan fingerprint density at radius 3 is 3.18 bits per heavy atom. The second-order valence-corrected chi connectivity index (χ2v) is 5.53. The van der Waals surface area contributed by atoms with E-state index in [4.69, 9.17) is 20.8 Å². The first-order chi connectivity index (χ1) is 10.7. The second kappa shape index (κ2) is 6.50. The Bertz CT molecular complexity index is 654. The molecule has 118 valence electrons. The summed E-state index contributed by atoms with van der Waals surface area (Å²) in [5.74, 6) is 1.11. The van der Waals surface area contributed by atoms with E-state index in [-0.39, 0.29) is 17.2 Å². The lowest BCUT2D eigenvalue weighted by molar-refractivity contribution is 0.0599. The molecule has 1 aliphatic heterocycles. The molecule has 2 aromatic rings. The van der Waals surface area contributed by atoms with Crippen LogP contribution in [0.5, 0.6) is 0 Å². The fourth-order valence-electron chi connectivity index (χ4n) is 2.70. The summed E-state index contributed by atoms with van der Waals surface area (Å²) in [7, 11) is 1.60. The number of methoxy groups -OCH3 is 1. The molecule has 22 heavy (non-hydrogen) atoms. The number of halogens is 1. The average molecular weight is 325 g/mol. The van der Waals surface area contributed by atoms with Crippen molar-refractivity contribution in [3.8, 4) is 0 Å². The van der Waals surface area contributed by atoms with Crippen LogP contribution < -0.4 is 0 Å². The van der Waals surface area contributed by atoms with Gasteiger partial charge in [0.25, 0.3) is 5.91 Å². The summed E-state index contributed by atoms with van der Waals surface area (Å²) in [5.41, 5.74) is 0.376. The molecule has 0 aliphatic carbocycles. The number of likely N-dealkylation sites (tertiary alicyclic amines) is 1. The third-order valence-corrected chi connectivity index (χ3v) is 4.03. The number of ether oxygens (including phenoxy) is 1. The molecule has 8 heteroatoms. The first-order valence-corrected chi connectivity index (χ1v) is 7.52. The number of rotatable bonds is 4. The zero-order chi connectivity index (χ0) is 15.5. The summed E-state index contributed by atoms with van der Waals surface area (Å²) < 4.78 is 10.1. The van der Waals surface area contributed by atoms with Crippen molar-refractivity contribution in [3.05, 3.63) is 34.8 Å². The van der Waals surface area contributed by atoms with Crippen LogP contribution in [0.4, 0.5) is 0 Å². The van der Waals surface area contributed by atoms with Crippen LogP contribution >= 0.6 is 11.6 Å². The van der Waals surface area contributed by atoms with Crippen molar-refractivity contribution >= 4 is 17.5 Å². The molecule has 0 radical (unpaired) electrons. The van der Waals surface area contributed by atoms with Gasteiger partial charge in [0.2, 0.25) is 5.22 Å². The minimum Gasteiger partial charge on any atom is -0.452 e. The van der Waals surface area contributed by atoms with E-state index in [2.05, 4.69) is 15.2 Å². The van der Waals surface area contributed by atoms with Crippen molar-refractivity contribution in [2.24, 2.45) is 0 Å². The van der Waals surface area contributed by atoms with Gasteiger partial charge in [-0.3, -0.25) is 9.89 Å². The van der Waals surface area contributed by atoms with Crippen LogP contribution in [-0.4, -0.2) is 39.6 Å². The van der Waals surface area contributed by atoms with Gasteiger partial charge in [-0.05, 0) is 36.9 Å². The van der Waals surface area contributed by atoms with Gasteiger partial charge in [0.05, 0.1) is 17.9 Å². The highest BCUT2D eigenvalue weighted by Gasteiger charge is 2.32. The lowest BCUT2D eigenvalue weighted by Crippen LogP contribution is -2.39. The van der Waals surface area contributed by atoms with E-state index in [1.807, 2.05) is 0 Å². The van der Waals surface area contributed by atoms with Crippen LogP contribution in [0.2, 0.25) is 5.22 Å². The summed E-state index contributed by atoms with van der Waals surface area (Å²) in [4.78, 5) is 18.9. The number of carbonyl (C=O) groups excluding carboxylic acids is 1. The molecule has 0 unspecified atom stereocenters. The molecule has 0 saturated carbocycles. The predicted octanol–water partition coefficient (Wildman–Crippen LogP) is 2.56. The highest BCUT2D eigenvalue weighted by atomic mass is 35.5. The van der Waals surface area contributed by atoms with Gasteiger partial charge in [0.1, 0.15) is 6.61 Å². The van der Waals surface area contributed by atoms with Gasteiger partial charge in [0.15, 0.2) is 11.6 Å². The van der Waals surface area contributed by atoms with Crippen molar-refractivity contribution < 1.29 is 13.9 Å². The van der Waals surface area contributed by atoms with Gasteiger partial charge in [0, 0.05) is 13.7 Å². The second-order valence-electron chi connectivity index (χ2n) is 5.19. The van der Waals surface area contributed by atoms with Gasteiger partial charge in [-0.25, -0.2) is 4.98 Å². The molecule has 3 heterocycles. The number of carbonyl (C=O) groups is 1. The number of aromatic amines is 1. The minimum absolute atomic E-state index is 0.115. The number of nitrogens with one attached hydrogen (secondary N) is 1. The third-order valence-electron chi connectivity index (χ3n) is 3.74. The van der Waals surface area contributed by atoms with Gasteiger partial charge < -0.3 is 14.1 Å². The molecule has 3 rings (SSSR count).